The molecule has 1 aromatic heterocycles. The molecule has 114 valence electrons. The number of carbonyl (C=O) groups is 2. The Balaban J connectivity index is 1.74. The first-order valence-electron chi connectivity index (χ1n) is 7.00. The predicted octanol–water partition coefficient (Wildman–Crippen LogP) is 3.95. The van der Waals surface area contributed by atoms with Gasteiger partial charge in [0.15, 0.2) is 4.67 Å². The van der Waals surface area contributed by atoms with E-state index in [2.05, 4.69) is 26.6 Å². The van der Waals surface area contributed by atoms with E-state index in [4.69, 9.17) is 4.42 Å². The molecule has 1 fully saturated rings. The fraction of sp³-hybridized carbons (Fsp3) is 0.250. The number of nitrogens with one attached hydrogen (secondary N) is 2. The normalized spacial score (nSPS) is 13.7. The van der Waals surface area contributed by atoms with Gasteiger partial charge in [-0.15, -0.1) is 0 Å². The summed E-state index contributed by atoms with van der Waals surface area (Å²) in [6.45, 7) is 1.90. The van der Waals surface area contributed by atoms with Crippen molar-refractivity contribution in [3.05, 3.63) is 46.3 Å². The molecule has 2 N–H and O–H groups in total. The molecular formula is C16H15BrN2O3. The van der Waals surface area contributed by atoms with Crippen LogP contribution in [0.1, 0.15) is 28.8 Å². The lowest BCUT2D eigenvalue weighted by atomic mass is 10.1. The number of furan rings is 1. The summed E-state index contributed by atoms with van der Waals surface area (Å²) < 4.78 is 5.56. The smallest absolute Gasteiger partial charge is 0.258 e. The average Bonchev–Trinajstić information content (AvgIpc) is 3.24. The molecule has 1 aliphatic carbocycles. The largest absolute Gasteiger partial charge is 0.457 e. The third-order valence-electron chi connectivity index (χ3n) is 3.53. The number of hydrogen-bond acceptors (Lipinski definition) is 3. The molecule has 2 amide bonds. The fourth-order valence-electron chi connectivity index (χ4n) is 2.05. The summed E-state index contributed by atoms with van der Waals surface area (Å²) in [6, 6.07) is 7.06. The Morgan fingerprint density at radius 1 is 1.23 bits per heavy atom. The summed E-state index contributed by atoms with van der Waals surface area (Å²) in [5.74, 6) is -0.0780. The molecule has 0 unspecified atom stereocenters. The van der Waals surface area contributed by atoms with Crippen LogP contribution in [-0.4, -0.2) is 11.8 Å². The van der Waals surface area contributed by atoms with Gasteiger partial charge in [-0.25, -0.2) is 0 Å². The van der Waals surface area contributed by atoms with Crippen molar-refractivity contribution in [2.24, 2.45) is 5.92 Å². The van der Waals surface area contributed by atoms with Crippen molar-refractivity contribution < 1.29 is 14.0 Å². The summed E-state index contributed by atoms with van der Waals surface area (Å²) in [7, 11) is 0. The number of carbonyl (C=O) groups excluding carboxylic acids is 2. The molecule has 2 aromatic rings. The van der Waals surface area contributed by atoms with Gasteiger partial charge in [-0.05, 0) is 53.4 Å². The monoisotopic (exact) mass is 362 g/mol. The second kappa shape index (κ2) is 5.96. The zero-order chi connectivity index (χ0) is 15.7. The topological polar surface area (TPSA) is 71.3 Å². The minimum Gasteiger partial charge on any atom is -0.457 e. The summed E-state index contributed by atoms with van der Waals surface area (Å²) in [5.41, 5.74) is 2.70. The maximum atomic E-state index is 12.2. The van der Waals surface area contributed by atoms with Crippen LogP contribution in [0.5, 0.6) is 0 Å². The minimum atomic E-state index is -0.261. The lowest BCUT2D eigenvalue weighted by molar-refractivity contribution is -0.117. The van der Waals surface area contributed by atoms with Crippen LogP contribution >= 0.6 is 15.9 Å². The number of aryl methyl sites for hydroxylation is 1. The number of benzene rings is 1. The maximum absolute atomic E-state index is 12.2. The van der Waals surface area contributed by atoms with Gasteiger partial charge < -0.3 is 15.1 Å². The van der Waals surface area contributed by atoms with Crippen LogP contribution in [0.3, 0.4) is 0 Å². The van der Waals surface area contributed by atoms with Crippen LogP contribution in [0.2, 0.25) is 0 Å². The SMILES string of the molecule is Cc1ccc(NC(=O)C2CC2)cc1NC(=O)c1coc(Br)c1. The third kappa shape index (κ3) is 3.39. The van der Waals surface area contributed by atoms with Crippen molar-refractivity contribution in [1.82, 2.24) is 0 Å². The molecule has 5 nitrogen and oxygen atoms in total. The van der Waals surface area contributed by atoms with Crippen molar-refractivity contribution in [3.8, 4) is 0 Å². The summed E-state index contributed by atoms with van der Waals surface area (Å²) >= 11 is 3.16. The summed E-state index contributed by atoms with van der Waals surface area (Å²) in [6.07, 6.45) is 3.29. The zero-order valence-corrected chi connectivity index (χ0v) is 13.6. The predicted molar refractivity (Wildman–Crippen MR) is 86.9 cm³/mol. The van der Waals surface area contributed by atoms with E-state index in [-0.39, 0.29) is 17.7 Å². The molecule has 1 aliphatic rings. The quantitative estimate of drug-likeness (QED) is 0.864. The molecule has 1 saturated carbocycles. The number of halogens is 1. The fourth-order valence-corrected chi connectivity index (χ4v) is 2.39. The van der Waals surface area contributed by atoms with Gasteiger partial charge in [0.1, 0.15) is 6.26 Å². The van der Waals surface area contributed by atoms with Crippen LogP contribution < -0.4 is 10.6 Å². The van der Waals surface area contributed by atoms with Crippen molar-refractivity contribution in [2.75, 3.05) is 10.6 Å². The molecule has 0 atom stereocenters. The van der Waals surface area contributed by atoms with Crippen molar-refractivity contribution in [2.45, 2.75) is 19.8 Å². The molecule has 1 heterocycles. The van der Waals surface area contributed by atoms with Crippen molar-refractivity contribution in [1.29, 1.82) is 0 Å². The van der Waals surface area contributed by atoms with Crippen LogP contribution in [-0.2, 0) is 4.79 Å². The Morgan fingerprint density at radius 2 is 2.00 bits per heavy atom. The Bertz CT molecular complexity index is 735. The van der Waals surface area contributed by atoms with Gasteiger partial charge in [-0.1, -0.05) is 6.07 Å². The Kier molecular flexibility index (Phi) is 4.02. The molecule has 0 saturated heterocycles. The second-order valence-electron chi connectivity index (χ2n) is 5.39. The number of rotatable bonds is 4. The number of hydrogen-bond donors (Lipinski definition) is 2. The molecule has 0 aliphatic heterocycles. The second-order valence-corrected chi connectivity index (χ2v) is 6.17. The van der Waals surface area contributed by atoms with Gasteiger partial charge in [-0.3, -0.25) is 9.59 Å². The Morgan fingerprint density at radius 3 is 2.64 bits per heavy atom. The highest BCUT2D eigenvalue weighted by Gasteiger charge is 2.29. The van der Waals surface area contributed by atoms with E-state index in [1.165, 1.54) is 6.26 Å². The third-order valence-corrected chi connectivity index (χ3v) is 3.95. The first-order valence-corrected chi connectivity index (χ1v) is 7.79. The van der Waals surface area contributed by atoms with Crippen LogP contribution in [0.15, 0.2) is 39.6 Å². The van der Waals surface area contributed by atoms with E-state index in [9.17, 15) is 9.59 Å². The molecule has 0 radical (unpaired) electrons. The van der Waals surface area contributed by atoms with E-state index in [1.54, 1.807) is 12.1 Å². The van der Waals surface area contributed by atoms with Crippen molar-refractivity contribution in [3.63, 3.8) is 0 Å². The zero-order valence-electron chi connectivity index (χ0n) is 12.0. The minimum absolute atomic E-state index is 0.0416. The van der Waals surface area contributed by atoms with Crippen LogP contribution in [0.25, 0.3) is 0 Å². The van der Waals surface area contributed by atoms with Gasteiger partial charge in [0.25, 0.3) is 5.91 Å². The maximum Gasteiger partial charge on any atom is 0.258 e. The lowest BCUT2D eigenvalue weighted by Crippen LogP contribution is -2.15. The van der Waals surface area contributed by atoms with Crippen molar-refractivity contribution >= 4 is 39.1 Å². The highest BCUT2D eigenvalue weighted by Crippen LogP contribution is 2.31. The molecule has 0 bridgehead atoms. The molecule has 1 aromatic carbocycles. The molecule has 22 heavy (non-hydrogen) atoms. The first-order chi connectivity index (χ1) is 10.5. The van der Waals surface area contributed by atoms with Gasteiger partial charge in [0.05, 0.1) is 5.56 Å². The Hall–Kier alpha value is -2.08. The van der Waals surface area contributed by atoms with Gasteiger partial charge in [0, 0.05) is 23.4 Å². The van der Waals surface area contributed by atoms with Crippen LogP contribution in [0.4, 0.5) is 11.4 Å². The average molecular weight is 363 g/mol. The highest BCUT2D eigenvalue weighted by molar-refractivity contribution is 9.10. The standard InChI is InChI=1S/C16H15BrN2O3/c1-9-2-5-12(18-15(20)10-3-4-10)7-13(9)19-16(21)11-6-14(17)22-8-11/h2,5-8,10H,3-4H2,1H3,(H,18,20)(H,19,21). The van der Waals surface area contributed by atoms with Gasteiger partial charge >= 0.3 is 0 Å². The molecular weight excluding hydrogens is 348 g/mol. The molecule has 0 spiro atoms. The molecule has 6 heteroatoms. The summed E-state index contributed by atoms with van der Waals surface area (Å²) in [5, 5.41) is 5.70. The van der Waals surface area contributed by atoms with E-state index in [0.717, 1.165) is 18.4 Å². The van der Waals surface area contributed by atoms with Gasteiger partial charge in [-0.2, -0.15) is 0 Å². The van der Waals surface area contributed by atoms with E-state index in [0.29, 0.717) is 21.6 Å². The Labute approximate surface area is 136 Å². The van der Waals surface area contributed by atoms with E-state index >= 15 is 0 Å². The van der Waals surface area contributed by atoms with Gasteiger partial charge in [0.2, 0.25) is 5.91 Å². The molecule has 3 rings (SSSR count). The summed E-state index contributed by atoms with van der Waals surface area (Å²) in [4.78, 5) is 24.0. The van der Waals surface area contributed by atoms with Crippen LogP contribution in [0, 0.1) is 12.8 Å². The van der Waals surface area contributed by atoms with E-state index in [1.807, 2.05) is 19.1 Å². The number of amides is 2. The van der Waals surface area contributed by atoms with E-state index < -0.39 is 0 Å². The number of anilines is 2. The lowest BCUT2D eigenvalue weighted by Gasteiger charge is -2.11. The first kappa shape index (κ1) is 14.8. The highest BCUT2D eigenvalue weighted by atomic mass is 79.9.